The van der Waals surface area contributed by atoms with Crippen molar-refractivity contribution in [2.24, 2.45) is 5.92 Å². The molecule has 2 radical (unpaired) electrons. The zero-order chi connectivity index (χ0) is 9.64. The molecule has 0 aliphatic carbocycles. The molecule has 0 saturated carbocycles. The van der Waals surface area contributed by atoms with Gasteiger partial charge in [-0.3, -0.25) is 0 Å². The number of hydrogen-bond acceptors (Lipinski definition) is 2. The van der Waals surface area contributed by atoms with Crippen molar-refractivity contribution in [1.82, 2.24) is 0 Å². The lowest BCUT2D eigenvalue weighted by molar-refractivity contribution is -0.178. The molecule has 2 nitrogen and oxygen atoms in total. The Morgan fingerprint density at radius 2 is 1.92 bits per heavy atom. The first-order valence-corrected chi connectivity index (χ1v) is 5.23. The molecule has 0 N–H and O–H groups in total. The largest absolute Gasteiger partial charge is 0.378 e. The Hall–Kier alpha value is -0.0151. The first kappa shape index (κ1) is 9.54. The highest BCUT2D eigenvalue weighted by molar-refractivity contribution is 6.11. The van der Waals surface area contributed by atoms with E-state index in [1.165, 1.54) is 0 Å². The van der Waals surface area contributed by atoms with Gasteiger partial charge in [0.25, 0.3) is 0 Å². The van der Waals surface area contributed by atoms with Crippen LogP contribution in [0.3, 0.4) is 0 Å². The fraction of sp³-hybridized carbons (Fsp3) is 1.00. The molecular weight excluding hydrogens is 163 g/mol. The van der Waals surface area contributed by atoms with Gasteiger partial charge in [0.1, 0.15) is 7.85 Å². The van der Waals surface area contributed by atoms with Gasteiger partial charge in [-0.15, -0.1) is 0 Å². The molecule has 0 bridgehead atoms. The van der Waals surface area contributed by atoms with Crippen LogP contribution in [-0.2, 0) is 9.47 Å². The molecule has 0 aromatic carbocycles. The summed E-state index contributed by atoms with van der Waals surface area (Å²) >= 11 is 0. The molecule has 2 unspecified atom stereocenters. The molecule has 2 aliphatic heterocycles. The highest BCUT2D eigenvalue weighted by Gasteiger charge is 2.60. The maximum atomic E-state index is 5.86. The van der Waals surface area contributed by atoms with Crippen molar-refractivity contribution in [2.75, 3.05) is 0 Å². The van der Waals surface area contributed by atoms with Gasteiger partial charge >= 0.3 is 0 Å². The molecule has 13 heavy (non-hydrogen) atoms. The summed E-state index contributed by atoms with van der Waals surface area (Å²) in [6.07, 6.45) is 2.53. The zero-order valence-electron chi connectivity index (χ0n) is 8.62. The standard InChI is InChI=1S/C10H17BO2/c1-4-10(5-2)7-6(3)12-8(7)9(11)13-10/h6-9H,4-5H2,1-3H3/t6-,7?,8?,9+/m0/s1. The van der Waals surface area contributed by atoms with Crippen LogP contribution in [0.25, 0.3) is 0 Å². The van der Waals surface area contributed by atoms with E-state index in [0.29, 0.717) is 12.0 Å². The Morgan fingerprint density at radius 3 is 2.31 bits per heavy atom. The molecule has 0 aromatic rings. The molecule has 2 rings (SSSR count). The van der Waals surface area contributed by atoms with Gasteiger partial charge in [-0.1, -0.05) is 13.8 Å². The average Bonchev–Trinajstić information content (AvgIpc) is 2.34. The average molecular weight is 180 g/mol. The second kappa shape index (κ2) is 2.99. The molecule has 2 fully saturated rings. The van der Waals surface area contributed by atoms with Gasteiger partial charge in [0.15, 0.2) is 0 Å². The Balaban J connectivity index is 2.20. The van der Waals surface area contributed by atoms with Crippen molar-refractivity contribution in [3.05, 3.63) is 0 Å². The lowest BCUT2D eigenvalue weighted by Crippen LogP contribution is -2.55. The molecular formula is C10H17BO2. The monoisotopic (exact) mass is 180 g/mol. The molecule has 2 saturated heterocycles. The Bertz CT molecular complexity index is 203. The smallest absolute Gasteiger partial charge is 0.112 e. The van der Waals surface area contributed by atoms with E-state index in [9.17, 15) is 0 Å². The summed E-state index contributed by atoms with van der Waals surface area (Å²) in [5, 5.41) is 0. The molecule has 72 valence electrons. The van der Waals surface area contributed by atoms with Crippen molar-refractivity contribution >= 4 is 7.85 Å². The van der Waals surface area contributed by atoms with Gasteiger partial charge in [-0.25, -0.2) is 0 Å². The van der Waals surface area contributed by atoms with Gasteiger partial charge in [0.2, 0.25) is 0 Å². The van der Waals surface area contributed by atoms with Crippen molar-refractivity contribution < 1.29 is 9.47 Å². The minimum Gasteiger partial charge on any atom is -0.378 e. The summed E-state index contributed by atoms with van der Waals surface area (Å²) in [5.74, 6) is 0.512. The van der Waals surface area contributed by atoms with Gasteiger partial charge in [-0.05, 0) is 19.8 Å². The summed E-state index contributed by atoms with van der Waals surface area (Å²) in [7, 11) is 5.86. The van der Waals surface area contributed by atoms with Crippen LogP contribution in [0, 0.1) is 5.92 Å². The van der Waals surface area contributed by atoms with Crippen LogP contribution >= 0.6 is 0 Å². The van der Waals surface area contributed by atoms with Crippen molar-refractivity contribution in [3.8, 4) is 0 Å². The third-order valence-electron chi connectivity index (χ3n) is 3.73. The summed E-state index contributed by atoms with van der Waals surface area (Å²) < 4.78 is 11.4. The van der Waals surface area contributed by atoms with E-state index in [0.717, 1.165) is 12.8 Å². The highest BCUT2D eigenvalue weighted by Crippen LogP contribution is 2.50. The number of ether oxygens (including phenoxy) is 2. The van der Waals surface area contributed by atoms with Crippen molar-refractivity contribution in [3.63, 3.8) is 0 Å². The fourth-order valence-electron chi connectivity index (χ4n) is 2.91. The second-order valence-electron chi connectivity index (χ2n) is 4.19. The molecule has 2 heterocycles. The van der Waals surface area contributed by atoms with E-state index < -0.39 is 0 Å². The van der Waals surface area contributed by atoms with Gasteiger partial charge in [0, 0.05) is 11.9 Å². The molecule has 0 spiro atoms. The van der Waals surface area contributed by atoms with Crippen LogP contribution < -0.4 is 0 Å². The predicted molar refractivity (Wildman–Crippen MR) is 51.8 cm³/mol. The summed E-state index contributed by atoms with van der Waals surface area (Å²) in [4.78, 5) is 0. The van der Waals surface area contributed by atoms with Crippen LogP contribution in [0.1, 0.15) is 33.6 Å². The summed E-state index contributed by atoms with van der Waals surface area (Å²) in [6, 6.07) is -0.207. The Morgan fingerprint density at radius 1 is 1.31 bits per heavy atom. The lowest BCUT2D eigenvalue weighted by atomic mass is 9.72. The normalized spacial score (nSPS) is 47.0. The predicted octanol–water partition coefficient (Wildman–Crippen LogP) is 1.47. The van der Waals surface area contributed by atoms with Crippen LogP contribution in [0.4, 0.5) is 0 Å². The van der Waals surface area contributed by atoms with Crippen LogP contribution in [-0.4, -0.2) is 31.7 Å². The van der Waals surface area contributed by atoms with E-state index in [2.05, 4.69) is 20.8 Å². The van der Waals surface area contributed by atoms with Crippen molar-refractivity contribution in [1.29, 1.82) is 0 Å². The van der Waals surface area contributed by atoms with Gasteiger partial charge in [0.05, 0.1) is 17.8 Å². The molecule has 0 aromatic heterocycles. The molecule has 3 heteroatoms. The fourth-order valence-corrected chi connectivity index (χ4v) is 2.91. The quantitative estimate of drug-likeness (QED) is 0.599. The minimum absolute atomic E-state index is 0.0122. The Kier molecular flexibility index (Phi) is 2.19. The van der Waals surface area contributed by atoms with Crippen LogP contribution in [0.2, 0.25) is 0 Å². The van der Waals surface area contributed by atoms with E-state index in [4.69, 9.17) is 17.3 Å². The van der Waals surface area contributed by atoms with Gasteiger partial charge in [-0.2, -0.15) is 0 Å². The van der Waals surface area contributed by atoms with Crippen LogP contribution in [0.5, 0.6) is 0 Å². The Labute approximate surface area is 81.4 Å². The van der Waals surface area contributed by atoms with E-state index in [1.807, 2.05) is 0 Å². The second-order valence-corrected chi connectivity index (χ2v) is 4.19. The topological polar surface area (TPSA) is 18.5 Å². The number of fused-ring (bicyclic) bond motifs is 1. The third-order valence-corrected chi connectivity index (χ3v) is 3.73. The van der Waals surface area contributed by atoms with Gasteiger partial charge < -0.3 is 9.47 Å². The van der Waals surface area contributed by atoms with E-state index in [-0.39, 0.29) is 17.7 Å². The third kappa shape index (κ3) is 1.10. The van der Waals surface area contributed by atoms with E-state index >= 15 is 0 Å². The maximum absolute atomic E-state index is 5.86. The first-order valence-electron chi connectivity index (χ1n) is 5.23. The first-order chi connectivity index (χ1) is 6.14. The zero-order valence-corrected chi connectivity index (χ0v) is 8.62. The minimum atomic E-state index is -0.207. The molecule has 4 atom stereocenters. The maximum Gasteiger partial charge on any atom is 0.112 e. The number of rotatable bonds is 2. The van der Waals surface area contributed by atoms with Crippen molar-refractivity contribution in [2.45, 2.75) is 57.4 Å². The summed E-state index contributed by atoms with van der Waals surface area (Å²) in [6.45, 7) is 6.45. The SMILES string of the molecule is [B][C@@H]1OC(CC)(CC)C2C1O[C@H]2C. The summed E-state index contributed by atoms with van der Waals surface area (Å²) in [5.41, 5.74) is -0.0122. The highest BCUT2D eigenvalue weighted by atomic mass is 16.6. The van der Waals surface area contributed by atoms with Crippen LogP contribution in [0.15, 0.2) is 0 Å². The number of hydrogen-bond donors (Lipinski definition) is 0. The van der Waals surface area contributed by atoms with E-state index in [1.54, 1.807) is 0 Å². The molecule has 2 aliphatic rings. The molecule has 0 amide bonds. The lowest BCUT2D eigenvalue weighted by Gasteiger charge is -2.45.